The van der Waals surface area contributed by atoms with Crippen LogP contribution in [-0.2, 0) is 337 Å². The normalized spacial score (nSPS) is 6.20. The van der Waals surface area contributed by atoms with Gasteiger partial charge in [0.2, 0.25) is 0 Å². The summed E-state index contributed by atoms with van der Waals surface area (Å²) in [7, 11) is 0. The Morgan fingerprint density at radius 1 is 0.125 bits per heavy atom. The number of hydrogen-bond donors (Lipinski definition) is 0. The van der Waals surface area contributed by atoms with Crippen LogP contribution in [0.25, 0.3) is 0 Å². The Bertz CT molecular complexity index is 1100. The van der Waals surface area contributed by atoms with E-state index < -0.39 is 0 Å². The van der Waals surface area contributed by atoms with E-state index in [0.29, 0.717) is 0 Å². The molecule has 38 heteroatoms. The number of nitrogens with zero attached hydrogens (tertiary/aromatic N) is 4. The fraction of sp³-hybridized carbons (Fsp3) is 0.524. The van der Waals surface area contributed by atoms with Crippen LogP contribution < -0.4 is 18.3 Å². The zero-order valence-corrected chi connectivity index (χ0v) is 58.8. The minimum Gasteiger partial charge on any atom is -2.00 e. The Labute approximate surface area is 587 Å². The molecule has 0 radical (unpaired) electrons. The molecule has 0 unspecified atom stereocenters. The average Bonchev–Trinajstić information content (AvgIpc) is 3.11. The topological polar surface area (TPSA) is 757 Å². The second-order valence-electron chi connectivity index (χ2n) is 12.8. The van der Waals surface area contributed by atoms with Crippen LogP contribution in [0.2, 0.25) is 0 Å². The molecule has 4 aromatic rings. The summed E-state index contributed by atoms with van der Waals surface area (Å²) in [5.41, 5.74) is 0. The van der Waals surface area contributed by atoms with E-state index in [4.69, 9.17) is 0 Å². The summed E-state index contributed by atoms with van der Waals surface area (Å²) in [6.45, 7) is 4.66. The molecule has 80 heavy (non-hydrogen) atoms. The molecule has 0 N–H and O–H groups in total. The molecule has 0 aromatic carbocycles. The molecule has 0 amide bonds. The van der Waals surface area contributed by atoms with Crippen LogP contribution in [0.1, 0.15) is 116 Å². The first-order chi connectivity index (χ1) is 22.9. The molecule has 0 aliphatic rings. The minimum absolute atomic E-state index is 0. The fourth-order valence-corrected chi connectivity index (χ4v) is 5.99. The maximum Gasteiger partial charge on any atom is 0.168 e. The third-order valence-corrected chi connectivity index (χ3v) is 8.77. The first kappa shape index (κ1) is 216. The van der Waals surface area contributed by atoms with Gasteiger partial charge in [0.1, 0.15) is 26.2 Å². The van der Waals surface area contributed by atoms with E-state index in [2.05, 4.69) is 141 Å². The van der Waals surface area contributed by atoms with Gasteiger partial charge in [0.15, 0.2) is 49.6 Å². The van der Waals surface area contributed by atoms with Gasteiger partial charge in [-0.05, 0) is 25.7 Å². The van der Waals surface area contributed by atoms with Crippen LogP contribution in [0, 0.1) is 0 Å². The molecule has 0 atom stereocenters. The SMILES string of the molecule is [Mo].[Mo].[Mo].[Mo].[Mo].[Mo].[Mo].[Mo].[O-2].[O-2].[O-2].[O-2].[O-2].[O-2].[O-2].[O-2].[O-2].[O-2].[O-2].[O-2].[O-2].[O-2].[O-2].[O-2].[O-2].[O-2].[O-2].[O-2].[O-2].[O-2].[O-2].[O-2].[O-2].[O-2].c1cc[n+](CCCCCCCCCCC[n+]2ccccc2)cc1.c1cc[n+](CCCCCCCCCCC[n+]2ccccc2)cc1. The number of aromatic nitrogens is 4. The van der Waals surface area contributed by atoms with Crippen molar-refractivity contribution in [2.45, 2.75) is 142 Å². The van der Waals surface area contributed by atoms with Crippen molar-refractivity contribution in [3.8, 4) is 0 Å². The Morgan fingerprint density at radius 3 is 0.312 bits per heavy atom. The van der Waals surface area contributed by atoms with Crippen LogP contribution in [0.5, 0.6) is 0 Å². The molecule has 4 aromatic heterocycles. The molecule has 0 bridgehead atoms. The summed E-state index contributed by atoms with van der Waals surface area (Å²) < 4.78 is 9.13. The van der Waals surface area contributed by atoms with Crippen molar-refractivity contribution in [2.75, 3.05) is 0 Å². The molecule has 0 saturated heterocycles. The summed E-state index contributed by atoms with van der Waals surface area (Å²) >= 11 is 0. The summed E-state index contributed by atoms with van der Waals surface area (Å²) in [6, 6.07) is 25.2. The zero-order valence-electron chi connectivity index (χ0n) is 42.8. The Balaban J connectivity index is -0.0000000135. The van der Waals surface area contributed by atoms with E-state index in [9.17, 15) is 0 Å². The number of pyridine rings is 4. The molecule has 504 valence electrons. The van der Waals surface area contributed by atoms with Gasteiger partial charge in [0.25, 0.3) is 0 Å². The van der Waals surface area contributed by atoms with Crippen LogP contribution >= 0.6 is 0 Å². The van der Waals surface area contributed by atoms with Gasteiger partial charge >= 0.3 is 0 Å². The second-order valence-corrected chi connectivity index (χ2v) is 12.8. The van der Waals surface area contributed by atoms with E-state index in [0.717, 1.165) is 26.2 Å². The maximum absolute atomic E-state index is 2.28. The Morgan fingerprint density at radius 2 is 0.212 bits per heavy atom. The van der Waals surface area contributed by atoms with Gasteiger partial charge in [-0.3, -0.25) is 0 Å². The summed E-state index contributed by atoms with van der Waals surface area (Å²) in [5.74, 6) is 0. The van der Waals surface area contributed by atoms with Gasteiger partial charge in [0, 0.05) is 243 Å². The first-order valence-corrected chi connectivity index (χ1v) is 18.7. The second kappa shape index (κ2) is 165. The molecule has 0 aliphatic carbocycles. The van der Waals surface area contributed by atoms with Crippen molar-refractivity contribution in [3.05, 3.63) is 122 Å². The third kappa shape index (κ3) is 129. The van der Waals surface area contributed by atoms with Gasteiger partial charge in [-0.1, -0.05) is 88.5 Å². The van der Waals surface area contributed by atoms with E-state index in [-0.39, 0.29) is 311 Å². The van der Waals surface area contributed by atoms with Crippen LogP contribution in [0.4, 0.5) is 0 Å². The van der Waals surface area contributed by atoms with Crippen LogP contribution in [0.3, 0.4) is 0 Å². The van der Waals surface area contributed by atoms with Crippen molar-refractivity contribution in [1.82, 2.24) is 0 Å². The maximum atomic E-state index is 2.28. The summed E-state index contributed by atoms with van der Waals surface area (Å²) in [5, 5.41) is 0. The molecule has 0 aliphatic heterocycles. The summed E-state index contributed by atoms with van der Waals surface area (Å²) in [4.78, 5) is 0. The average molecular weight is 1810 g/mol. The standard InChI is InChI=1S/2C21H32N2.8Mo.26O/c2*1(2-4-6-10-16-22-18-12-8-13-19-22)3-5-7-11-17-23-20-14-9-15-21-23;;;;;;;;;;;;;;;;;;;;;;;;;;;;;;;;;;/h2*8-9,12-15,18-21H,1-7,10-11,16-17H2;;;;;;;;;;;;;;;;;;;;;;;;;;;;;;;;;;/q2*+2;;;;;;;;;26*-2. The monoisotopic (exact) mass is 1820 g/mol. The largest absolute Gasteiger partial charge is 2.00 e. The number of unbranched alkanes of at least 4 members (excludes halogenated alkanes) is 16. The van der Waals surface area contributed by atoms with Crippen molar-refractivity contribution in [2.24, 2.45) is 0 Å². The van der Waals surface area contributed by atoms with Gasteiger partial charge in [-0.25, -0.2) is 18.3 Å². The van der Waals surface area contributed by atoms with Crippen molar-refractivity contribution in [3.63, 3.8) is 0 Å². The number of aryl methyl sites for hydroxylation is 4. The van der Waals surface area contributed by atoms with E-state index in [1.807, 2.05) is 0 Å². The third-order valence-electron chi connectivity index (χ3n) is 8.77. The number of hydrogen-bond acceptors (Lipinski definition) is 0. The van der Waals surface area contributed by atoms with Gasteiger partial charge in [-0.2, -0.15) is 0 Å². The molecule has 30 nitrogen and oxygen atoms in total. The van der Waals surface area contributed by atoms with Crippen LogP contribution in [0.15, 0.2) is 122 Å². The molecular formula is C42H64Mo8N4O26-48. The molecule has 0 saturated carbocycles. The number of rotatable bonds is 24. The predicted octanol–water partition coefficient (Wildman–Crippen LogP) is 5.84. The Kier molecular flexibility index (Phi) is 445. The summed E-state index contributed by atoms with van der Waals surface area (Å²) in [6.07, 6.45) is 42.0. The molecule has 4 heterocycles. The van der Waals surface area contributed by atoms with Gasteiger partial charge in [-0.15, -0.1) is 0 Å². The van der Waals surface area contributed by atoms with E-state index in [1.54, 1.807) is 0 Å². The first-order valence-electron chi connectivity index (χ1n) is 18.7. The molecule has 4 rings (SSSR count). The van der Waals surface area contributed by atoms with Crippen molar-refractivity contribution in [1.29, 1.82) is 0 Å². The fourth-order valence-electron chi connectivity index (χ4n) is 5.99. The predicted molar refractivity (Wildman–Crippen MR) is 208 cm³/mol. The minimum atomic E-state index is 0. The molecule has 0 fully saturated rings. The smallest absolute Gasteiger partial charge is 0.168 e. The van der Waals surface area contributed by atoms with Gasteiger partial charge in [0.05, 0.1) is 0 Å². The zero-order chi connectivity index (χ0) is 32.0. The molecule has 0 spiro atoms. The van der Waals surface area contributed by atoms with E-state index in [1.165, 1.54) is 116 Å². The van der Waals surface area contributed by atoms with Gasteiger partial charge < -0.3 is 142 Å². The quantitative estimate of drug-likeness (QED) is 0.0454. The Hall–Kier alpha value is 1.07. The van der Waals surface area contributed by atoms with Crippen molar-refractivity contribution >= 4 is 0 Å². The van der Waals surface area contributed by atoms with Crippen molar-refractivity contribution < 1.29 is 329 Å². The van der Waals surface area contributed by atoms with Crippen LogP contribution in [-0.4, -0.2) is 0 Å². The van der Waals surface area contributed by atoms with E-state index >= 15 is 0 Å². The molecular weight excluding hydrogens is 1740 g/mol.